The Bertz CT molecular complexity index is 2580. The Labute approximate surface area is 378 Å². The zero-order valence-corrected chi connectivity index (χ0v) is 37.1. The van der Waals surface area contributed by atoms with Gasteiger partial charge in [-0.05, 0) is 161 Å². The predicted molar refractivity (Wildman–Crippen MR) is 252 cm³/mol. The van der Waals surface area contributed by atoms with Crippen molar-refractivity contribution in [3.05, 3.63) is 187 Å². The van der Waals surface area contributed by atoms with Gasteiger partial charge in [0.25, 0.3) is 23.6 Å². The van der Waals surface area contributed by atoms with Gasteiger partial charge in [-0.15, -0.1) is 0 Å². The van der Waals surface area contributed by atoms with Gasteiger partial charge in [0, 0.05) is 79.3 Å². The summed E-state index contributed by atoms with van der Waals surface area (Å²) in [6.45, 7) is 8.45. The van der Waals surface area contributed by atoms with E-state index in [4.69, 9.17) is 27.9 Å². The molecule has 0 radical (unpaired) electrons. The number of ether oxygens (including phenoxy) is 1. The Morgan fingerprint density at radius 2 is 0.921 bits per heavy atom. The summed E-state index contributed by atoms with van der Waals surface area (Å²) in [7, 11) is 0. The van der Waals surface area contributed by atoms with Crippen LogP contribution in [0.4, 0.5) is 22.7 Å². The second-order valence-corrected chi connectivity index (χ2v) is 17.2. The minimum absolute atomic E-state index is 0.161. The van der Waals surface area contributed by atoms with Crippen LogP contribution in [0.5, 0.6) is 0 Å². The Balaban J connectivity index is 1.02. The minimum atomic E-state index is -0.416. The summed E-state index contributed by atoms with van der Waals surface area (Å²) in [5, 5.41) is 7.00. The van der Waals surface area contributed by atoms with Crippen molar-refractivity contribution in [2.24, 2.45) is 0 Å². The lowest BCUT2D eigenvalue weighted by Crippen LogP contribution is -2.32. The molecule has 2 aliphatic rings. The second-order valence-electron chi connectivity index (χ2n) is 16.3. The minimum Gasteiger partial charge on any atom is -0.365 e. The number of benzene rings is 6. The first kappa shape index (κ1) is 43.4. The van der Waals surface area contributed by atoms with Crippen LogP contribution in [-0.2, 0) is 4.74 Å². The van der Waals surface area contributed by atoms with Gasteiger partial charge in [0.1, 0.15) is 0 Å². The molecule has 0 saturated heterocycles. The number of hydrogen-bond donors (Lipinski definition) is 2. The van der Waals surface area contributed by atoms with Crippen molar-refractivity contribution in [1.29, 1.82) is 0 Å². The molecule has 63 heavy (non-hydrogen) atoms. The maximum atomic E-state index is 14.4. The lowest BCUT2D eigenvalue weighted by atomic mass is 10.0. The first-order chi connectivity index (χ1) is 30.4. The predicted octanol–water partition coefficient (Wildman–Crippen LogP) is 12.4. The Kier molecular flexibility index (Phi) is 12.8. The third-order valence-corrected chi connectivity index (χ3v) is 12.4. The number of anilines is 4. The van der Waals surface area contributed by atoms with Crippen LogP contribution in [0.3, 0.4) is 0 Å². The molecule has 0 fully saturated rings. The van der Waals surface area contributed by atoms with Gasteiger partial charge in [-0.25, -0.2) is 0 Å². The quantitative estimate of drug-likeness (QED) is 0.158. The van der Waals surface area contributed by atoms with Crippen molar-refractivity contribution < 1.29 is 23.9 Å². The summed E-state index contributed by atoms with van der Waals surface area (Å²) >= 11 is 13.3. The molecular formula is C52H48Cl2N4O5. The van der Waals surface area contributed by atoms with Crippen LogP contribution < -0.4 is 20.4 Å². The Hall–Kier alpha value is -6.26. The fraction of sp³-hybridized carbons (Fsp3) is 0.231. The molecule has 6 aromatic rings. The molecule has 0 aromatic heterocycles. The smallest absolute Gasteiger partial charge is 0.258 e. The van der Waals surface area contributed by atoms with E-state index in [9.17, 15) is 19.2 Å². The topological polar surface area (TPSA) is 108 Å². The molecule has 2 unspecified atom stereocenters. The van der Waals surface area contributed by atoms with E-state index < -0.39 is 12.2 Å². The molecule has 2 atom stereocenters. The van der Waals surface area contributed by atoms with Gasteiger partial charge in [-0.2, -0.15) is 0 Å². The van der Waals surface area contributed by atoms with Gasteiger partial charge >= 0.3 is 0 Å². The average Bonchev–Trinajstić information content (AvgIpc) is 3.55. The largest absolute Gasteiger partial charge is 0.365 e. The zero-order chi connectivity index (χ0) is 44.4. The van der Waals surface area contributed by atoms with Crippen molar-refractivity contribution in [2.75, 3.05) is 33.5 Å². The molecule has 9 nitrogen and oxygen atoms in total. The SMILES string of the molecule is Cc1ccccc1C(=O)Nc1ccc(C(=O)N2CCCC(OC3CCCN(C(=O)c4ccc(NC(=O)c5ccccc5C)cc4C)c4ccc(Cl)cc43)c3cc(Cl)ccc32)c(C)c1. The van der Waals surface area contributed by atoms with Crippen molar-refractivity contribution in [2.45, 2.75) is 65.6 Å². The molecule has 0 saturated carbocycles. The molecule has 0 spiro atoms. The van der Waals surface area contributed by atoms with E-state index in [1.54, 1.807) is 58.3 Å². The van der Waals surface area contributed by atoms with Gasteiger partial charge in [0.05, 0.1) is 12.2 Å². The number of carbonyl (C=O) groups excluding carboxylic acids is 4. The van der Waals surface area contributed by atoms with Crippen LogP contribution in [0.15, 0.2) is 121 Å². The second kappa shape index (κ2) is 18.6. The number of hydrogen-bond acceptors (Lipinski definition) is 5. The monoisotopic (exact) mass is 878 g/mol. The number of carbonyl (C=O) groups is 4. The highest BCUT2D eigenvalue weighted by atomic mass is 35.5. The normalized spacial score (nSPS) is 16.0. The summed E-state index contributed by atoms with van der Waals surface area (Å²) in [5.41, 5.74) is 9.70. The first-order valence-electron chi connectivity index (χ1n) is 21.2. The molecule has 0 aliphatic carbocycles. The third kappa shape index (κ3) is 9.28. The molecular weight excluding hydrogens is 832 g/mol. The van der Waals surface area contributed by atoms with Gasteiger partial charge in [0.2, 0.25) is 0 Å². The number of nitrogens with one attached hydrogen (secondary N) is 2. The summed E-state index contributed by atoms with van der Waals surface area (Å²) in [4.78, 5) is 58.6. The maximum Gasteiger partial charge on any atom is 0.258 e. The number of amides is 4. The molecule has 11 heteroatoms. The van der Waals surface area contributed by atoms with Crippen LogP contribution in [0.1, 0.15) is 113 Å². The van der Waals surface area contributed by atoms with Gasteiger partial charge in [0.15, 0.2) is 0 Å². The highest BCUT2D eigenvalue weighted by molar-refractivity contribution is 6.31. The molecule has 320 valence electrons. The summed E-state index contributed by atoms with van der Waals surface area (Å²) in [6, 6.07) is 36.6. The average molecular weight is 880 g/mol. The van der Waals surface area contributed by atoms with E-state index in [-0.39, 0.29) is 23.6 Å². The van der Waals surface area contributed by atoms with E-state index in [0.717, 1.165) is 33.4 Å². The van der Waals surface area contributed by atoms with Crippen LogP contribution in [0.2, 0.25) is 10.0 Å². The molecule has 8 rings (SSSR count). The van der Waals surface area contributed by atoms with Crippen LogP contribution in [0.25, 0.3) is 0 Å². The number of nitrogens with zero attached hydrogens (tertiary/aromatic N) is 2. The summed E-state index contributed by atoms with van der Waals surface area (Å²) in [5.74, 6) is -0.745. The lowest BCUT2D eigenvalue weighted by molar-refractivity contribution is -0.0228. The molecule has 2 N–H and O–H groups in total. The Morgan fingerprint density at radius 3 is 1.32 bits per heavy atom. The summed E-state index contributed by atoms with van der Waals surface area (Å²) in [6.07, 6.45) is 1.74. The van der Waals surface area contributed by atoms with E-state index in [1.165, 1.54) is 0 Å². The van der Waals surface area contributed by atoms with Gasteiger partial charge in [-0.3, -0.25) is 19.2 Å². The standard InChI is InChI=1S/C52H48Cl2N4O5/c1-31-11-5-7-13-39(31)49(59)55-37-19-21-41(33(3)27-37)51(61)57-25-9-15-47(43-29-35(53)17-23-45(43)57)63-48-16-10-26-58(46-24-18-36(54)30-44(46)48)52(62)42-22-20-38(28-34(42)4)56-50(60)40-14-8-6-12-32(40)2/h5-8,11-14,17-24,27-30,47-48H,9-10,15-16,25-26H2,1-4H3,(H,55,59)(H,56,60). The highest BCUT2D eigenvalue weighted by Gasteiger charge is 2.34. The molecule has 6 aromatic carbocycles. The lowest BCUT2D eigenvalue weighted by Gasteiger charge is -2.28. The van der Waals surface area contributed by atoms with Crippen molar-refractivity contribution >= 4 is 69.6 Å². The fourth-order valence-electron chi connectivity index (χ4n) is 8.69. The van der Waals surface area contributed by atoms with Crippen molar-refractivity contribution in [1.82, 2.24) is 0 Å². The fourth-order valence-corrected chi connectivity index (χ4v) is 9.05. The first-order valence-corrected chi connectivity index (χ1v) is 21.9. The number of aryl methyl sites for hydroxylation is 4. The number of fused-ring (bicyclic) bond motifs is 2. The number of halogens is 2. The van der Waals surface area contributed by atoms with E-state index >= 15 is 0 Å². The van der Waals surface area contributed by atoms with Crippen LogP contribution in [0, 0.1) is 27.7 Å². The molecule has 4 amide bonds. The van der Waals surface area contributed by atoms with Crippen molar-refractivity contribution in [3.63, 3.8) is 0 Å². The highest BCUT2D eigenvalue weighted by Crippen LogP contribution is 2.45. The van der Waals surface area contributed by atoms with Crippen LogP contribution in [-0.4, -0.2) is 36.7 Å². The maximum absolute atomic E-state index is 14.4. The van der Waals surface area contributed by atoms with Gasteiger partial charge in [-0.1, -0.05) is 59.6 Å². The number of rotatable bonds is 8. The third-order valence-electron chi connectivity index (χ3n) is 12.0. The molecule has 2 heterocycles. The van der Waals surface area contributed by atoms with E-state index in [1.807, 2.05) is 100 Å². The zero-order valence-electron chi connectivity index (χ0n) is 35.6. The molecule has 0 bridgehead atoms. The van der Waals surface area contributed by atoms with E-state index in [0.29, 0.717) is 93.8 Å². The van der Waals surface area contributed by atoms with E-state index in [2.05, 4.69) is 10.6 Å². The van der Waals surface area contributed by atoms with Crippen LogP contribution >= 0.6 is 23.2 Å². The van der Waals surface area contributed by atoms with Gasteiger partial charge < -0.3 is 25.2 Å². The Morgan fingerprint density at radius 1 is 0.508 bits per heavy atom. The summed E-state index contributed by atoms with van der Waals surface area (Å²) < 4.78 is 7.09. The molecule has 2 aliphatic heterocycles. The van der Waals surface area contributed by atoms with Crippen molar-refractivity contribution in [3.8, 4) is 0 Å².